The standard InChI is InChI=1S/C49H79O14P/c1-3-5-6-7-8-9-10-11-12-13-14-18-21-24-27-30-33-36-42(51)60-38-41(39-61-64(58,59)63-49-47(56)45(54)44(53)46(55)48(49)57)62-43(52)37-34-31-28-25-22-19-16-15-17-20-23-26-29-32-35-40(50)4-2/h11-12,14,16-20,24-29,32,35,40-41,44-50,53-57H,3-10,13,15,21-23,30-31,33-34,36-39H2,1-2H3,(H,58,59)/b12-11-,18-14-,19-16-,20-17-,27-24-,28-25-,29-26-,35-32+/t40-,41-,44?,45-,46+,47-,48-,49?/m1/s1. The number of aliphatic hydroxyl groups excluding tert-OH is 6. The maximum absolute atomic E-state index is 12.8. The van der Waals surface area contributed by atoms with Crippen molar-refractivity contribution in [3.63, 3.8) is 0 Å². The predicted molar refractivity (Wildman–Crippen MR) is 250 cm³/mol. The molecule has 0 spiro atoms. The molecule has 3 unspecified atom stereocenters. The van der Waals surface area contributed by atoms with Crippen LogP contribution >= 0.6 is 7.82 Å². The van der Waals surface area contributed by atoms with Crippen LogP contribution in [0.25, 0.3) is 0 Å². The fourth-order valence-electron chi connectivity index (χ4n) is 6.17. The van der Waals surface area contributed by atoms with E-state index in [1.165, 1.54) is 38.5 Å². The molecule has 0 aromatic carbocycles. The largest absolute Gasteiger partial charge is 0.472 e. The van der Waals surface area contributed by atoms with Crippen molar-refractivity contribution >= 4 is 19.8 Å². The highest BCUT2D eigenvalue weighted by Gasteiger charge is 2.51. The van der Waals surface area contributed by atoms with Gasteiger partial charge < -0.3 is 45.0 Å². The molecule has 0 aliphatic heterocycles. The Labute approximate surface area is 382 Å². The van der Waals surface area contributed by atoms with E-state index >= 15 is 0 Å². The van der Waals surface area contributed by atoms with E-state index in [2.05, 4.69) is 49.5 Å². The second-order valence-corrected chi connectivity index (χ2v) is 17.1. The third-order valence-corrected chi connectivity index (χ3v) is 11.1. The number of ether oxygens (including phenoxy) is 2. The van der Waals surface area contributed by atoms with Gasteiger partial charge >= 0.3 is 19.8 Å². The van der Waals surface area contributed by atoms with E-state index in [4.69, 9.17) is 18.5 Å². The van der Waals surface area contributed by atoms with Crippen LogP contribution in [-0.4, -0.2) is 110 Å². The van der Waals surface area contributed by atoms with Gasteiger partial charge in [0.2, 0.25) is 0 Å². The number of allylic oxidation sites excluding steroid dienone is 15. The first-order valence-corrected chi connectivity index (χ1v) is 24.6. The summed E-state index contributed by atoms with van der Waals surface area (Å²) in [6, 6.07) is 0. The van der Waals surface area contributed by atoms with E-state index < -0.39 is 81.8 Å². The monoisotopic (exact) mass is 923 g/mol. The van der Waals surface area contributed by atoms with Crippen LogP contribution in [-0.2, 0) is 32.7 Å². The highest BCUT2D eigenvalue weighted by Crippen LogP contribution is 2.47. The van der Waals surface area contributed by atoms with Crippen LogP contribution in [0.15, 0.2) is 97.2 Å². The summed E-state index contributed by atoms with van der Waals surface area (Å²) in [6.07, 6.45) is 34.2. The molecule has 14 nitrogen and oxygen atoms in total. The minimum absolute atomic E-state index is 0.0117. The fraction of sp³-hybridized carbons (Fsp3) is 0.633. The molecule has 0 aromatic rings. The summed E-state index contributed by atoms with van der Waals surface area (Å²) in [4.78, 5) is 35.7. The Kier molecular flexibility index (Phi) is 34.8. The Morgan fingerprint density at radius 3 is 1.55 bits per heavy atom. The van der Waals surface area contributed by atoms with Crippen LogP contribution < -0.4 is 0 Å². The second-order valence-electron chi connectivity index (χ2n) is 15.7. The van der Waals surface area contributed by atoms with Gasteiger partial charge in [-0.15, -0.1) is 0 Å². The van der Waals surface area contributed by atoms with Crippen molar-refractivity contribution in [2.75, 3.05) is 13.2 Å². The minimum Gasteiger partial charge on any atom is -0.462 e. The summed E-state index contributed by atoms with van der Waals surface area (Å²) >= 11 is 0. The fourth-order valence-corrected chi connectivity index (χ4v) is 7.14. The molecule has 1 rings (SSSR count). The van der Waals surface area contributed by atoms with Gasteiger partial charge in [-0.1, -0.05) is 143 Å². The number of rotatable bonds is 36. The minimum atomic E-state index is -5.16. The summed E-state index contributed by atoms with van der Waals surface area (Å²) in [7, 11) is -5.16. The first-order chi connectivity index (χ1) is 30.8. The number of phosphoric ester groups is 1. The molecule has 0 radical (unpaired) electrons. The zero-order chi connectivity index (χ0) is 47.3. The van der Waals surface area contributed by atoms with Crippen molar-refractivity contribution in [2.45, 2.75) is 185 Å². The van der Waals surface area contributed by atoms with Gasteiger partial charge in [0.15, 0.2) is 6.10 Å². The molecule has 1 aliphatic rings. The molecule has 0 amide bonds. The Morgan fingerprint density at radius 2 is 1.02 bits per heavy atom. The highest BCUT2D eigenvalue weighted by atomic mass is 31.2. The Morgan fingerprint density at radius 1 is 0.562 bits per heavy atom. The number of hydrogen-bond acceptors (Lipinski definition) is 13. The number of esters is 2. The third-order valence-electron chi connectivity index (χ3n) is 10.1. The maximum atomic E-state index is 12.8. The van der Waals surface area contributed by atoms with Gasteiger partial charge in [0.05, 0.1) is 12.7 Å². The van der Waals surface area contributed by atoms with E-state index in [1.807, 2.05) is 55.5 Å². The molecule has 0 heterocycles. The zero-order valence-corrected chi connectivity index (χ0v) is 39.0. The molecule has 1 saturated carbocycles. The van der Waals surface area contributed by atoms with Crippen molar-refractivity contribution in [2.24, 2.45) is 0 Å². The van der Waals surface area contributed by atoms with Crippen LogP contribution in [0.1, 0.15) is 136 Å². The van der Waals surface area contributed by atoms with E-state index in [1.54, 1.807) is 6.08 Å². The van der Waals surface area contributed by atoms with Crippen molar-refractivity contribution in [1.82, 2.24) is 0 Å². The Hall–Kier alpha value is -3.27. The average molecular weight is 923 g/mol. The number of aliphatic hydroxyl groups is 6. The molecule has 1 fully saturated rings. The van der Waals surface area contributed by atoms with Crippen LogP contribution in [0, 0.1) is 0 Å². The highest BCUT2D eigenvalue weighted by molar-refractivity contribution is 7.47. The van der Waals surface area contributed by atoms with Crippen LogP contribution in [0.5, 0.6) is 0 Å². The number of unbranched alkanes of at least 4 members (excludes halogenated alkanes) is 8. The van der Waals surface area contributed by atoms with Gasteiger partial charge in [-0.05, 0) is 77.0 Å². The second kappa shape index (κ2) is 37.9. The topological polar surface area (TPSA) is 230 Å². The van der Waals surface area contributed by atoms with Crippen molar-refractivity contribution in [3.05, 3.63) is 97.2 Å². The van der Waals surface area contributed by atoms with E-state index in [0.717, 1.165) is 38.5 Å². The van der Waals surface area contributed by atoms with Crippen molar-refractivity contribution in [1.29, 1.82) is 0 Å². The normalized spacial score (nSPS) is 23.0. The first kappa shape index (κ1) is 58.7. The Bertz CT molecular complexity index is 1500. The van der Waals surface area contributed by atoms with Gasteiger partial charge in [-0.2, -0.15) is 0 Å². The molecule has 0 bridgehead atoms. The first-order valence-electron chi connectivity index (χ1n) is 23.1. The lowest BCUT2D eigenvalue weighted by atomic mass is 9.85. The predicted octanol–water partition coefficient (Wildman–Crippen LogP) is 8.02. The molecule has 0 saturated heterocycles. The van der Waals surface area contributed by atoms with Crippen LogP contribution in [0.2, 0.25) is 0 Å². The molecule has 0 aromatic heterocycles. The molecular formula is C49H79O14P. The van der Waals surface area contributed by atoms with Gasteiger partial charge in [0.25, 0.3) is 0 Å². The Balaban J connectivity index is 2.56. The zero-order valence-electron chi connectivity index (χ0n) is 38.1. The van der Waals surface area contributed by atoms with E-state index in [-0.39, 0.29) is 12.8 Å². The number of phosphoric acid groups is 1. The third kappa shape index (κ3) is 30.0. The number of carbonyl (C=O) groups excluding carboxylic acids is 2. The molecule has 7 N–H and O–H groups in total. The summed E-state index contributed by atoms with van der Waals surface area (Å²) in [5.74, 6) is -1.26. The molecule has 64 heavy (non-hydrogen) atoms. The molecule has 1 aliphatic carbocycles. The maximum Gasteiger partial charge on any atom is 0.472 e. The lowest BCUT2D eigenvalue weighted by molar-refractivity contribution is -0.220. The molecule has 15 heteroatoms. The SMILES string of the molecule is CCCCCCCC/C=C\C/C=C\C/C=C\CCCC(=O)OC[C@H](COP(=O)(O)OC1[C@H](O)[C@H](O)C(O)[C@H](O)[C@H]1O)OC(=O)CCC/C=C\C/C=C\C/C=C\C/C=C\C=C\[C@H](O)CC. The number of hydrogen-bond donors (Lipinski definition) is 7. The number of carbonyl (C=O) groups is 2. The molecule has 9 atom stereocenters. The smallest absolute Gasteiger partial charge is 0.462 e. The summed E-state index contributed by atoms with van der Waals surface area (Å²) in [5.41, 5.74) is 0. The van der Waals surface area contributed by atoms with E-state index in [9.17, 15) is 49.7 Å². The van der Waals surface area contributed by atoms with Gasteiger partial charge in [0.1, 0.15) is 43.2 Å². The van der Waals surface area contributed by atoms with Crippen molar-refractivity contribution < 1.29 is 68.2 Å². The average Bonchev–Trinajstić information content (AvgIpc) is 3.28. The lowest BCUT2D eigenvalue weighted by Gasteiger charge is -2.41. The van der Waals surface area contributed by atoms with Crippen LogP contribution in [0.3, 0.4) is 0 Å². The van der Waals surface area contributed by atoms with E-state index in [0.29, 0.717) is 32.1 Å². The molecule has 364 valence electrons. The lowest BCUT2D eigenvalue weighted by Crippen LogP contribution is -2.64. The van der Waals surface area contributed by atoms with Gasteiger partial charge in [-0.25, -0.2) is 4.57 Å². The van der Waals surface area contributed by atoms with Crippen LogP contribution in [0.4, 0.5) is 0 Å². The summed E-state index contributed by atoms with van der Waals surface area (Å²) in [5, 5.41) is 59.6. The van der Waals surface area contributed by atoms with Gasteiger partial charge in [-0.3, -0.25) is 18.6 Å². The summed E-state index contributed by atoms with van der Waals surface area (Å²) in [6.45, 7) is 2.85. The summed E-state index contributed by atoms with van der Waals surface area (Å²) < 4.78 is 33.4. The van der Waals surface area contributed by atoms with Crippen molar-refractivity contribution in [3.8, 4) is 0 Å². The molecular weight excluding hydrogens is 843 g/mol. The quantitative estimate of drug-likeness (QED) is 0.0104. The van der Waals surface area contributed by atoms with Gasteiger partial charge in [0, 0.05) is 12.8 Å².